The highest BCUT2D eigenvalue weighted by Crippen LogP contribution is 2.54. The van der Waals surface area contributed by atoms with Crippen molar-refractivity contribution in [3.63, 3.8) is 0 Å². The van der Waals surface area contributed by atoms with Crippen LogP contribution in [0, 0.1) is 10.1 Å². The van der Waals surface area contributed by atoms with Crippen LogP contribution in [-0.4, -0.2) is 34.2 Å². The summed E-state index contributed by atoms with van der Waals surface area (Å²) in [6, 6.07) is 6.93. The summed E-state index contributed by atoms with van der Waals surface area (Å²) in [4.78, 5) is 10.3. The van der Waals surface area contributed by atoms with Crippen molar-refractivity contribution in [3.8, 4) is 0 Å². The Morgan fingerprint density at radius 1 is 1.04 bits per heavy atom. The lowest BCUT2D eigenvalue weighted by Gasteiger charge is -2.25. The summed E-state index contributed by atoms with van der Waals surface area (Å²) in [5.74, 6) is 0. The molecule has 2 saturated heterocycles. The Morgan fingerprint density at radius 3 is 2.00 bits per heavy atom. The van der Waals surface area contributed by atoms with Gasteiger partial charge in [-0.3, -0.25) is 10.1 Å². The molecule has 1 aromatic carbocycles. The Morgan fingerprint density at radius 2 is 1.54 bits per heavy atom. The smallest absolute Gasteiger partial charge is 0.418 e. The van der Waals surface area contributed by atoms with Crippen molar-refractivity contribution in [1.29, 1.82) is 0 Å². The van der Waals surface area contributed by atoms with Gasteiger partial charge in [-0.25, -0.2) is 4.58 Å². The molecule has 1 aromatic rings. The second-order valence-corrected chi connectivity index (χ2v) is 7.97. The van der Waals surface area contributed by atoms with Crippen molar-refractivity contribution in [3.05, 3.63) is 39.9 Å². The molecule has 0 unspecified atom stereocenters. The van der Waals surface area contributed by atoms with Crippen LogP contribution in [0.2, 0.25) is 0 Å². The molecule has 0 bridgehead atoms. The molecule has 0 amide bonds. The second-order valence-electron chi connectivity index (χ2n) is 5.22. The quantitative estimate of drug-likeness (QED) is 0.239. The lowest BCUT2D eigenvalue weighted by atomic mass is 10.2. The predicted molar refractivity (Wildman–Crippen MR) is 90.1 cm³/mol. The van der Waals surface area contributed by atoms with Crippen LogP contribution in [-0.2, 0) is 0 Å². The molecule has 24 heavy (non-hydrogen) atoms. The summed E-state index contributed by atoms with van der Waals surface area (Å²) in [5.41, 5.74) is 1.33. The van der Waals surface area contributed by atoms with Crippen molar-refractivity contribution in [1.82, 2.24) is 0 Å². The van der Waals surface area contributed by atoms with Gasteiger partial charge in [0.25, 0.3) is 10.1 Å². The molecule has 0 radical (unpaired) electrons. The Hall–Kier alpha value is -1.23. The van der Waals surface area contributed by atoms with Crippen molar-refractivity contribution in [2.24, 2.45) is 0 Å². The third kappa shape index (κ3) is 6.01. The third-order valence-electron chi connectivity index (χ3n) is 3.41. The maximum absolute atomic E-state index is 10.6. The molecule has 132 valence electrons. The van der Waals surface area contributed by atoms with Gasteiger partial charge in [0.1, 0.15) is 13.1 Å². The van der Waals surface area contributed by atoms with Gasteiger partial charge in [0, 0.05) is 25.0 Å². The molecule has 11 heteroatoms. The fourth-order valence-electron chi connectivity index (χ4n) is 2.31. The fourth-order valence-corrected chi connectivity index (χ4v) is 4.78. The molecule has 2 fully saturated rings. The van der Waals surface area contributed by atoms with Gasteiger partial charge in [0.2, 0.25) is 0 Å². The van der Waals surface area contributed by atoms with E-state index in [2.05, 4.69) is 4.58 Å². The topological polar surface area (TPSA) is 46.1 Å². The van der Waals surface area contributed by atoms with Gasteiger partial charge in [-0.05, 0) is 35.5 Å². The lowest BCUT2D eigenvalue weighted by molar-refractivity contribution is -0.532. The number of thioether (sulfide) groups is 2. The average molecular weight is 382 g/mol. The van der Waals surface area contributed by atoms with E-state index in [1.165, 1.54) is 42.3 Å². The number of nitro groups is 1. The van der Waals surface area contributed by atoms with Gasteiger partial charge >= 0.3 is 7.25 Å². The van der Waals surface area contributed by atoms with E-state index in [0.29, 0.717) is 4.58 Å². The van der Waals surface area contributed by atoms with E-state index in [4.69, 9.17) is 0 Å². The largest absolute Gasteiger partial charge is 0.673 e. The zero-order chi connectivity index (χ0) is 17.7. The molecular formula is C13H15BF4N2O2S2. The number of nitrogens with zero attached hydrogens (tertiary/aromatic N) is 2. The molecule has 2 heterocycles. The summed E-state index contributed by atoms with van der Waals surface area (Å²) in [5, 5.41) is 10.6. The van der Waals surface area contributed by atoms with Crippen LogP contribution in [0.5, 0.6) is 0 Å². The summed E-state index contributed by atoms with van der Waals surface area (Å²) in [7, 11) is -6.00. The lowest BCUT2D eigenvalue weighted by Crippen LogP contribution is -2.27. The van der Waals surface area contributed by atoms with Crippen LogP contribution >= 0.6 is 23.5 Å². The Balaban J connectivity index is 0.000000368. The molecule has 2 aliphatic heterocycles. The first-order valence-corrected chi connectivity index (χ1v) is 9.07. The number of benzene rings is 1. The average Bonchev–Trinajstić information content (AvgIpc) is 2.46. The number of hydrogen-bond acceptors (Lipinski definition) is 4. The number of halogens is 4. The highest BCUT2D eigenvalue weighted by Gasteiger charge is 2.36. The van der Waals surface area contributed by atoms with Crippen LogP contribution in [0.1, 0.15) is 29.4 Å². The second kappa shape index (κ2) is 8.24. The maximum Gasteiger partial charge on any atom is 0.673 e. The van der Waals surface area contributed by atoms with Gasteiger partial charge in [0.05, 0.1) is 9.51 Å². The first-order chi connectivity index (χ1) is 11.2. The first-order valence-electron chi connectivity index (χ1n) is 7.31. The third-order valence-corrected chi connectivity index (χ3v) is 6.45. The number of nitro benzene ring substituents is 1. The molecule has 0 aliphatic carbocycles. The molecule has 0 aromatic heterocycles. The minimum atomic E-state index is -6.00. The summed E-state index contributed by atoms with van der Waals surface area (Å²) < 4.78 is 43.3. The van der Waals surface area contributed by atoms with E-state index < -0.39 is 7.25 Å². The molecule has 0 atom stereocenters. The Labute approximate surface area is 145 Å². The standard InChI is InChI=1S/C13H15N2O2S2.BF4/c16-15(17)11-6-4-10(5-7-11)12-18-13(19-12)14-8-2-1-3-9-14;2-1(3,4)5/h4-7,12H,1-3,8-9H2;/q+1;-1. The number of hydrogen-bond donors (Lipinski definition) is 0. The van der Waals surface area contributed by atoms with Crippen molar-refractivity contribution >= 4 is 40.8 Å². The maximum atomic E-state index is 10.6. The molecule has 0 N–H and O–H groups in total. The van der Waals surface area contributed by atoms with Gasteiger partial charge in [0.15, 0.2) is 0 Å². The Bertz CT molecular complexity index is 603. The van der Waals surface area contributed by atoms with Gasteiger partial charge in [-0.2, -0.15) is 0 Å². The normalized spacial score (nSPS) is 20.8. The zero-order valence-corrected chi connectivity index (χ0v) is 14.2. The molecule has 4 nitrogen and oxygen atoms in total. The fraction of sp³-hybridized carbons (Fsp3) is 0.462. The molecular weight excluding hydrogens is 367 g/mol. The minimum absolute atomic E-state index is 0.165. The van der Waals surface area contributed by atoms with Gasteiger partial charge in [-0.15, -0.1) is 0 Å². The van der Waals surface area contributed by atoms with Crippen LogP contribution in [0.15, 0.2) is 24.3 Å². The van der Waals surface area contributed by atoms with Gasteiger partial charge in [-0.1, -0.05) is 12.1 Å². The number of piperidine rings is 1. The summed E-state index contributed by atoms with van der Waals surface area (Å²) >= 11 is 3.77. The van der Waals surface area contributed by atoms with Crippen molar-refractivity contribution in [2.75, 3.05) is 13.1 Å². The van der Waals surface area contributed by atoms with E-state index in [1.54, 1.807) is 12.1 Å². The first kappa shape index (κ1) is 19.1. The van der Waals surface area contributed by atoms with E-state index >= 15 is 0 Å². The summed E-state index contributed by atoms with van der Waals surface area (Å²) in [6.45, 7) is 2.37. The van der Waals surface area contributed by atoms with E-state index in [1.807, 2.05) is 35.7 Å². The van der Waals surface area contributed by atoms with E-state index in [9.17, 15) is 27.4 Å². The minimum Gasteiger partial charge on any atom is -0.418 e. The van der Waals surface area contributed by atoms with Crippen LogP contribution in [0.3, 0.4) is 0 Å². The van der Waals surface area contributed by atoms with Crippen LogP contribution in [0.4, 0.5) is 23.0 Å². The van der Waals surface area contributed by atoms with E-state index in [-0.39, 0.29) is 10.6 Å². The molecule has 0 spiro atoms. The predicted octanol–water partition coefficient (Wildman–Crippen LogP) is 4.93. The van der Waals surface area contributed by atoms with Crippen molar-refractivity contribution in [2.45, 2.75) is 23.8 Å². The highest BCUT2D eigenvalue weighted by molar-refractivity contribution is 8.52. The molecule has 3 rings (SSSR count). The van der Waals surface area contributed by atoms with Crippen LogP contribution < -0.4 is 0 Å². The highest BCUT2D eigenvalue weighted by atomic mass is 32.3. The van der Waals surface area contributed by atoms with E-state index in [0.717, 1.165) is 0 Å². The molecule has 2 aliphatic rings. The summed E-state index contributed by atoms with van der Waals surface area (Å²) in [6.07, 6.45) is 3.95. The zero-order valence-electron chi connectivity index (χ0n) is 12.5. The van der Waals surface area contributed by atoms with Crippen LogP contribution in [0.25, 0.3) is 0 Å². The van der Waals surface area contributed by atoms with Gasteiger partial charge < -0.3 is 17.3 Å². The monoisotopic (exact) mass is 382 g/mol. The van der Waals surface area contributed by atoms with Crippen molar-refractivity contribution < 1.29 is 26.8 Å². The number of rotatable bonds is 2. The molecule has 0 saturated carbocycles. The SMILES string of the molecule is F[B-](F)(F)F.O=[N+]([O-])c1ccc(C2SC(=[N+]3CCCCC3)S2)cc1. The Kier molecular flexibility index (Phi) is 6.56. The number of non-ortho nitro benzene ring substituents is 1.